The summed E-state index contributed by atoms with van der Waals surface area (Å²) in [5.74, 6) is 1.98. The molecule has 0 saturated heterocycles. The van der Waals surface area contributed by atoms with Crippen molar-refractivity contribution in [3.63, 3.8) is 0 Å². The third-order valence-corrected chi connectivity index (χ3v) is 4.34. The largest absolute Gasteiger partial charge is 0.339 e. The van der Waals surface area contributed by atoms with E-state index in [4.69, 9.17) is 4.52 Å². The number of carbonyl (C=O) groups is 1. The summed E-state index contributed by atoms with van der Waals surface area (Å²) in [5.41, 5.74) is 1.22. The summed E-state index contributed by atoms with van der Waals surface area (Å²) < 4.78 is 5.25. The van der Waals surface area contributed by atoms with E-state index in [1.54, 1.807) is 4.90 Å². The van der Waals surface area contributed by atoms with Gasteiger partial charge in [0, 0.05) is 19.0 Å². The normalized spacial score (nSPS) is 15.1. The number of rotatable bonds is 7. The third kappa shape index (κ3) is 4.13. The van der Waals surface area contributed by atoms with Crippen molar-refractivity contribution in [2.45, 2.75) is 45.1 Å². The van der Waals surface area contributed by atoms with Crippen LogP contribution < -0.4 is 5.32 Å². The summed E-state index contributed by atoms with van der Waals surface area (Å²) in [6.45, 7) is 5.62. The van der Waals surface area contributed by atoms with E-state index in [2.05, 4.69) is 34.5 Å². The number of amides is 2. The Morgan fingerprint density at radius 3 is 2.79 bits per heavy atom. The van der Waals surface area contributed by atoms with Crippen molar-refractivity contribution >= 4 is 6.03 Å². The molecule has 1 heterocycles. The molecule has 1 saturated carbocycles. The fraction of sp³-hybridized carbons (Fsp3) is 0.500. The van der Waals surface area contributed by atoms with Crippen molar-refractivity contribution in [1.29, 1.82) is 0 Å². The van der Waals surface area contributed by atoms with Crippen LogP contribution in [0.4, 0.5) is 4.79 Å². The van der Waals surface area contributed by atoms with E-state index in [0.717, 1.165) is 12.8 Å². The molecular weight excluding hydrogens is 304 g/mol. The van der Waals surface area contributed by atoms with Crippen LogP contribution >= 0.6 is 0 Å². The van der Waals surface area contributed by atoms with Crippen molar-refractivity contribution in [1.82, 2.24) is 20.4 Å². The van der Waals surface area contributed by atoms with Crippen LogP contribution in [0.15, 0.2) is 34.9 Å². The van der Waals surface area contributed by atoms with E-state index in [1.165, 1.54) is 5.56 Å². The maximum absolute atomic E-state index is 12.4. The van der Waals surface area contributed by atoms with Crippen LogP contribution in [-0.2, 0) is 6.54 Å². The maximum atomic E-state index is 12.4. The molecule has 1 atom stereocenters. The number of carbonyl (C=O) groups excluding carboxylic acids is 1. The standard InChI is InChI=1S/C18H24N4O2/c1-3-22(12-16-20-17(24-21-16)15-9-10-15)18(23)19-11-13(2)14-7-5-4-6-8-14/h4-8,13,15H,3,9-12H2,1-2H3,(H,19,23)/t13-/m1/s1. The van der Waals surface area contributed by atoms with Gasteiger partial charge in [0.2, 0.25) is 5.89 Å². The SMILES string of the molecule is CCN(Cc1noc(C2CC2)n1)C(=O)NC[C@@H](C)c1ccccc1. The van der Waals surface area contributed by atoms with Gasteiger partial charge in [0.05, 0.1) is 6.54 Å². The first kappa shape index (κ1) is 16.5. The molecule has 0 aliphatic heterocycles. The smallest absolute Gasteiger partial charge is 0.317 e. The Hall–Kier alpha value is -2.37. The van der Waals surface area contributed by atoms with Crippen LogP contribution in [0.2, 0.25) is 0 Å². The van der Waals surface area contributed by atoms with Gasteiger partial charge in [-0.25, -0.2) is 4.79 Å². The molecule has 1 aromatic heterocycles. The van der Waals surface area contributed by atoms with E-state index in [9.17, 15) is 4.79 Å². The number of aromatic nitrogens is 2. The molecule has 3 rings (SSSR count). The number of hydrogen-bond donors (Lipinski definition) is 1. The summed E-state index contributed by atoms with van der Waals surface area (Å²) in [4.78, 5) is 18.5. The van der Waals surface area contributed by atoms with Gasteiger partial charge >= 0.3 is 6.03 Å². The molecule has 2 aromatic rings. The zero-order chi connectivity index (χ0) is 16.9. The Kier molecular flexibility index (Phi) is 5.13. The number of nitrogens with zero attached hydrogens (tertiary/aromatic N) is 3. The second kappa shape index (κ2) is 7.47. The predicted octanol–water partition coefficient (Wildman–Crippen LogP) is 3.28. The molecule has 1 aliphatic rings. The lowest BCUT2D eigenvalue weighted by atomic mass is 10.0. The lowest BCUT2D eigenvalue weighted by molar-refractivity contribution is 0.195. The molecule has 1 aliphatic carbocycles. The molecule has 0 radical (unpaired) electrons. The number of nitrogens with one attached hydrogen (secondary N) is 1. The van der Waals surface area contributed by atoms with E-state index in [1.807, 2.05) is 25.1 Å². The molecular formula is C18H24N4O2. The highest BCUT2D eigenvalue weighted by Gasteiger charge is 2.30. The van der Waals surface area contributed by atoms with Crippen molar-refractivity contribution in [2.75, 3.05) is 13.1 Å². The molecule has 1 aromatic carbocycles. The molecule has 128 valence electrons. The maximum Gasteiger partial charge on any atom is 0.317 e. The van der Waals surface area contributed by atoms with Crippen molar-refractivity contribution < 1.29 is 9.32 Å². The first-order valence-electron chi connectivity index (χ1n) is 8.57. The van der Waals surface area contributed by atoms with Crippen molar-refractivity contribution in [3.05, 3.63) is 47.6 Å². The van der Waals surface area contributed by atoms with Gasteiger partial charge < -0.3 is 14.7 Å². The molecule has 0 bridgehead atoms. The summed E-state index contributed by atoms with van der Waals surface area (Å²) in [7, 11) is 0. The van der Waals surface area contributed by atoms with Crippen LogP contribution in [-0.4, -0.2) is 34.2 Å². The molecule has 2 amide bonds. The lowest BCUT2D eigenvalue weighted by Gasteiger charge is -2.21. The number of urea groups is 1. The van der Waals surface area contributed by atoms with Gasteiger partial charge in [-0.2, -0.15) is 4.98 Å². The zero-order valence-electron chi connectivity index (χ0n) is 14.2. The highest BCUT2D eigenvalue weighted by molar-refractivity contribution is 5.74. The molecule has 0 spiro atoms. The minimum Gasteiger partial charge on any atom is -0.339 e. The van der Waals surface area contributed by atoms with Crippen molar-refractivity contribution in [2.24, 2.45) is 0 Å². The Bertz CT molecular complexity index is 667. The molecule has 24 heavy (non-hydrogen) atoms. The van der Waals surface area contributed by atoms with Crippen LogP contribution in [0.1, 0.15) is 55.8 Å². The monoisotopic (exact) mass is 328 g/mol. The minimum atomic E-state index is -0.0990. The van der Waals surface area contributed by atoms with Gasteiger partial charge in [-0.3, -0.25) is 0 Å². The molecule has 6 nitrogen and oxygen atoms in total. The first-order valence-corrected chi connectivity index (χ1v) is 8.57. The van der Waals surface area contributed by atoms with E-state index in [-0.39, 0.29) is 11.9 Å². The van der Waals surface area contributed by atoms with Gasteiger partial charge in [-0.15, -0.1) is 0 Å². The second-order valence-corrected chi connectivity index (χ2v) is 6.34. The van der Waals surface area contributed by atoms with Crippen LogP contribution in [0.5, 0.6) is 0 Å². The van der Waals surface area contributed by atoms with E-state index >= 15 is 0 Å². The van der Waals surface area contributed by atoms with Gasteiger partial charge in [-0.05, 0) is 31.2 Å². The average molecular weight is 328 g/mol. The topological polar surface area (TPSA) is 71.3 Å². The van der Waals surface area contributed by atoms with E-state index < -0.39 is 0 Å². The second-order valence-electron chi connectivity index (χ2n) is 6.34. The van der Waals surface area contributed by atoms with Gasteiger partial charge in [0.1, 0.15) is 0 Å². The number of hydrogen-bond acceptors (Lipinski definition) is 4. The van der Waals surface area contributed by atoms with Gasteiger partial charge in [0.25, 0.3) is 0 Å². The fourth-order valence-corrected chi connectivity index (χ4v) is 2.58. The summed E-state index contributed by atoms with van der Waals surface area (Å²) in [6, 6.07) is 10.1. The Balaban J connectivity index is 1.51. The molecule has 0 unspecified atom stereocenters. The summed E-state index contributed by atoms with van der Waals surface area (Å²) >= 11 is 0. The predicted molar refractivity (Wildman–Crippen MR) is 90.6 cm³/mol. The van der Waals surface area contributed by atoms with Gasteiger partial charge in [0.15, 0.2) is 5.82 Å². The Morgan fingerprint density at radius 2 is 2.12 bits per heavy atom. The number of benzene rings is 1. The fourth-order valence-electron chi connectivity index (χ4n) is 2.58. The van der Waals surface area contributed by atoms with Crippen LogP contribution in [0, 0.1) is 0 Å². The molecule has 1 N–H and O–H groups in total. The van der Waals surface area contributed by atoms with Crippen LogP contribution in [0.25, 0.3) is 0 Å². The van der Waals surface area contributed by atoms with Gasteiger partial charge in [-0.1, -0.05) is 42.4 Å². The highest BCUT2D eigenvalue weighted by atomic mass is 16.5. The lowest BCUT2D eigenvalue weighted by Crippen LogP contribution is -2.41. The summed E-state index contributed by atoms with van der Waals surface area (Å²) in [5, 5.41) is 6.98. The van der Waals surface area contributed by atoms with Crippen LogP contribution in [0.3, 0.4) is 0 Å². The zero-order valence-corrected chi connectivity index (χ0v) is 14.2. The molecule has 1 fully saturated rings. The third-order valence-electron chi connectivity index (χ3n) is 4.34. The Labute approximate surface area is 142 Å². The average Bonchev–Trinajstić information content (AvgIpc) is 3.37. The highest BCUT2D eigenvalue weighted by Crippen LogP contribution is 2.38. The van der Waals surface area contributed by atoms with E-state index in [0.29, 0.717) is 37.3 Å². The van der Waals surface area contributed by atoms with Crippen molar-refractivity contribution in [3.8, 4) is 0 Å². The first-order chi connectivity index (χ1) is 11.7. The molecule has 6 heteroatoms. The quantitative estimate of drug-likeness (QED) is 0.846. The summed E-state index contributed by atoms with van der Waals surface area (Å²) in [6.07, 6.45) is 2.24. The minimum absolute atomic E-state index is 0.0990. The Morgan fingerprint density at radius 1 is 1.38 bits per heavy atom.